The standard InChI is InChI=1S/C15H12O2/c1-17-15-7-3-5-11-10-4-2-6-14(16)12(10)8-9-13(11)15/h2-9,16H,1H3. The Morgan fingerprint density at radius 1 is 0.765 bits per heavy atom. The van der Waals surface area contributed by atoms with E-state index in [1.54, 1.807) is 13.2 Å². The maximum absolute atomic E-state index is 9.83. The minimum absolute atomic E-state index is 0.312. The largest absolute Gasteiger partial charge is 0.507 e. The highest BCUT2D eigenvalue weighted by atomic mass is 16.5. The predicted molar refractivity (Wildman–Crippen MR) is 69.7 cm³/mol. The van der Waals surface area contributed by atoms with Gasteiger partial charge in [0.05, 0.1) is 7.11 Å². The molecule has 84 valence electrons. The van der Waals surface area contributed by atoms with E-state index in [4.69, 9.17) is 4.74 Å². The molecule has 0 aromatic heterocycles. The van der Waals surface area contributed by atoms with E-state index >= 15 is 0 Å². The summed E-state index contributed by atoms with van der Waals surface area (Å²) in [6.45, 7) is 0. The highest BCUT2D eigenvalue weighted by Crippen LogP contribution is 2.34. The van der Waals surface area contributed by atoms with Gasteiger partial charge in [-0.25, -0.2) is 0 Å². The third-order valence-corrected chi connectivity index (χ3v) is 3.08. The molecule has 0 bridgehead atoms. The van der Waals surface area contributed by atoms with Gasteiger partial charge in [0.2, 0.25) is 0 Å². The molecule has 17 heavy (non-hydrogen) atoms. The Morgan fingerprint density at radius 2 is 1.41 bits per heavy atom. The monoisotopic (exact) mass is 224 g/mol. The zero-order valence-electron chi connectivity index (χ0n) is 9.47. The smallest absolute Gasteiger partial charge is 0.126 e. The van der Waals surface area contributed by atoms with Gasteiger partial charge in [-0.2, -0.15) is 0 Å². The van der Waals surface area contributed by atoms with Gasteiger partial charge in [-0.1, -0.05) is 24.3 Å². The van der Waals surface area contributed by atoms with Gasteiger partial charge < -0.3 is 9.84 Å². The maximum atomic E-state index is 9.83. The minimum Gasteiger partial charge on any atom is -0.507 e. The summed E-state index contributed by atoms with van der Waals surface area (Å²) in [5.41, 5.74) is 0. The lowest BCUT2D eigenvalue weighted by molar-refractivity contribution is 0.420. The average Bonchev–Trinajstić information content (AvgIpc) is 2.38. The molecule has 3 aromatic carbocycles. The summed E-state index contributed by atoms with van der Waals surface area (Å²) in [7, 11) is 1.67. The SMILES string of the molecule is COc1cccc2c1ccc1c(O)cccc12. The lowest BCUT2D eigenvalue weighted by Crippen LogP contribution is -1.85. The van der Waals surface area contributed by atoms with E-state index in [0.717, 1.165) is 27.3 Å². The number of aromatic hydroxyl groups is 1. The topological polar surface area (TPSA) is 29.5 Å². The lowest BCUT2D eigenvalue weighted by Gasteiger charge is -2.08. The third-order valence-electron chi connectivity index (χ3n) is 3.08. The van der Waals surface area contributed by atoms with Crippen LogP contribution in [-0.2, 0) is 0 Å². The summed E-state index contributed by atoms with van der Waals surface area (Å²) in [5.74, 6) is 1.17. The molecule has 0 aliphatic carbocycles. The van der Waals surface area contributed by atoms with Gasteiger partial charge in [0.1, 0.15) is 11.5 Å². The second-order valence-corrected chi connectivity index (χ2v) is 3.99. The first-order chi connectivity index (χ1) is 8.31. The molecule has 3 rings (SSSR count). The normalized spacial score (nSPS) is 10.9. The van der Waals surface area contributed by atoms with Crippen LogP contribution in [0.15, 0.2) is 48.5 Å². The summed E-state index contributed by atoms with van der Waals surface area (Å²) in [6, 6.07) is 15.4. The first kappa shape index (κ1) is 9.97. The Labute approximate surface area is 99.1 Å². The van der Waals surface area contributed by atoms with E-state index in [1.165, 1.54) is 0 Å². The fraction of sp³-hybridized carbons (Fsp3) is 0.0667. The zero-order valence-corrected chi connectivity index (χ0v) is 9.47. The van der Waals surface area contributed by atoms with Crippen molar-refractivity contribution in [3.8, 4) is 11.5 Å². The molecule has 0 aliphatic rings. The van der Waals surface area contributed by atoms with Crippen LogP contribution in [0, 0.1) is 0 Å². The summed E-state index contributed by atoms with van der Waals surface area (Å²) in [4.78, 5) is 0. The summed E-state index contributed by atoms with van der Waals surface area (Å²) in [6.07, 6.45) is 0. The molecule has 0 fully saturated rings. The molecule has 0 aliphatic heterocycles. The Kier molecular flexibility index (Phi) is 2.15. The molecular weight excluding hydrogens is 212 g/mol. The quantitative estimate of drug-likeness (QED) is 0.638. The van der Waals surface area contributed by atoms with E-state index in [2.05, 4.69) is 0 Å². The van der Waals surface area contributed by atoms with Crippen molar-refractivity contribution in [3.63, 3.8) is 0 Å². The molecule has 0 heterocycles. The third kappa shape index (κ3) is 1.41. The van der Waals surface area contributed by atoms with Crippen molar-refractivity contribution in [3.05, 3.63) is 48.5 Å². The zero-order chi connectivity index (χ0) is 11.8. The number of hydrogen-bond acceptors (Lipinski definition) is 2. The van der Waals surface area contributed by atoms with E-state index in [-0.39, 0.29) is 0 Å². The number of rotatable bonds is 1. The molecule has 0 unspecified atom stereocenters. The molecule has 0 saturated carbocycles. The van der Waals surface area contributed by atoms with Gasteiger partial charge >= 0.3 is 0 Å². The van der Waals surface area contributed by atoms with Gasteiger partial charge in [0.15, 0.2) is 0 Å². The van der Waals surface area contributed by atoms with Gasteiger partial charge in [-0.3, -0.25) is 0 Å². The number of phenols is 1. The van der Waals surface area contributed by atoms with Gasteiger partial charge in [-0.15, -0.1) is 0 Å². The van der Waals surface area contributed by atoms with Crippen LogP contribution in [0.5, 0.6) is 11.5 Å². The van der Waals surface area contributed by atoms with E-state index in [0.29, 0.717) is 5.75 Å². The summed E-state index contributed by atoms with van der Waals surface area (Å²) < 4.78 is 5.34. The number of ether oxygens (including phenoxy) is 1. The van der Waals surface area contributed by atoms with E-state index in [9.17, 15) is 5.11 Å². The highest BCUT2D eigenvalue weighted by Gasteiger charge is 2.06. The van der Waals surface area contributed by atoms with Crippen molar-refractivity contribution in [2.45, 2.75) is 0 Å². The number of benzene rings is 3. The Balaban J connectivity index is 2.53. The number of fused-ring (bicyclic) bond motifs is 3. The molecule has 0 atom stereocenters. The van der Waals surface area contributed by atoms with Crippen molar-refractivity contribution >= 4 is 21.5 Å². The van der Waals surface area contributed by atoms with E-state index in [1.807, 2.05) is 42.5 Å². The molecule has 0 amide bonds. The van der Waals surface area contributed by atoms with Crippen LogP contribution in [-0.4, -0.2) is 12.2 Å². The predicted octanol–water partition coefficient (Wildman–Crippen LogP) is 3.71. The fourth-order valence-electron chi connectivity index (χ4n) is 2.26. The van der Waals surface area contributed by atoms with Crippen molar-refractivity contribution in [2.24, 2.45) is 0 Å². The first-order valence-electron chi connectivity index (χ1n) is 5.48. The first-order valence-corrected chi connectivity index (χ1v) is 5.48. The van der Waals surface area contributed by atoms with Crippen LogP contribution < -0.4 is 4.74 Å². The average molecular weight is 224 g/mol. The highest BCUT2D eigenvalue weighted by molar-refractivity contribution is 6.10. The minimum atomic E-state index is 0.312. The van der Waals surface area contributed by atoms with Crippen LogP contribution in [0.3, 0.4) is 0 Å². The summed E-state index contributed by atoms with van der Waals surface area (Å²) in [5, 5.41) is 13.9. The van der Waals surface area contributed by atoms with E-state index < -0.39 is 0 Å². The summed E-state index contributed by atoms with van der Waals surface area (Å²) >= 11 is 0. The lowest BCUT2D eigenvalue weighted by atomic mass is 10.0. The van der Waals surface area contributed by atoms with Crippen LogP contribution >= 0.6 is 0 Å². The molecular formula is C15H12O2. The number of methoxy groups -OCH3 is 1. The maximum Gasteiger partial charge on any atom is 0.126 e. The molecule has 0 saturated heterocycles. The molecule has 2 nitrogen and oxygen atoms in total. The van der Waals surface area contributed by atoms with Crippen LogP contribution in [0.1, 0.15) is 0 Å². The second kappa shape index (κ2) is 3.67. The number of phenolic OH excluding ortho intramolecular Hbond substituents is 1. The Hall–Kier alpha value is -2.22. The number of hydrogen-bond donors (Lipinski definition) is 1. The van der Waals surface area contributed by atoms with Crippen LogP contribution in [0.2, 0.25) is 0 Å². The molecule has 0 radical (unpaired) electrons. The fourth-order valence-corrected chi connectivity index (χ4v) is 2.26. The van der Waals surface area contributed by atoms with Crippen LogP contribution in [0.4, 0.5) is 0 Å². The van der Waals surface area contributed by atoms with Crippen molar-refractivity contribution in [1.82, 2.24) is 0 Å². The Morgan fingerprint density at radius 3 is 2.18 bits per heavy atom. The van der Waals surface area contributed by atoms with Crippen LogP contribution in [0.25, 0.3) is 21.5 Å². The van der Waals surface area contributed by atoms with Crippen molar-refractivity contribution in [2.75, 3.05) is 7.11 Å². The van der Waals surface area contributed by atoms with Crippen molar-refractivity contribution in [1.29, 1.82) is 0 Å². The van der Waals surface area contributed by atoms with Gasteiger partial charge in [0, 0.05) is 10.8 Å². The molecule has 2 heteroatoms. The van der Waals surface area contributed by atoms with Gasteiger partial charge in [0.25, 0.3) is 0 Å². The van der Waals surface area contributed by atoms with Gasteiger partial charge in [-0.05, 0) is 35.0 Å². The molecule has 0 spiro atoms. The Bertz CT molecular complexity index is 702. The molecule has 1 N–H and O–H groups in total. The molecule has 3 aromatic rings. The second-order valence-electron chi connectivity index (χ2n) is 3.99. The van der Waals surface area contributed by atoms with Crippen molar-refractivity contribution < 1.29 is 9.84 Å².